The van der Waals surface area contributed by atoms with E-state index in [1.807, 2.05) is 0 Å². The zero-order valence-electron chi connectivity index (χ0n) is 18.1. The van der Waals surface area contributed by atoms with Gasteiger partial charge in [0.1, 0.15) is 0 Å². The van der Waals surface area contributed by atoms with E-state index in [0.29, 0.717) is 12.3 Å². The van der Waals surface area contributed by atoms with Crippen LogP contribution in [0.15, 0.2) is 4.40 Å². The van der Waals surface area contributed by atoms with Crippen molar-refractivity contribution in [3.8, 4) is 0 Å². The summed E-state index contributed by atoms with van der Waals surface area (Å²) in [5.41, 5.74) is 5.73. The number of unbranched alkanes of at least 4 members (excludes halogenated alkanes) is 11. The van der Waals surface area contributed by atoms with E-state index in [1.165, 1.54) is 90.1 Å². The van der Waals surface area contributed by atoms with E-state index in [2.05, 4.69) is 23.1 Å². The second kappa shape index (κ2) is 20.4. The van der Waals surface area contributed by atoms with Gasteiger partial charge in [-0.15, -0.1) is 5.14 Å². The van der Waals surface area contributed by atoms with Gasteiger partial charge in [0, 0.05) is 6.42 Å². The summed E-state index contributed by atoms with van der Waals surface area (Å²) in [6, 6.07) is 0. The van der Waals surface area contributed by atoms with Crippen molar-refractivity contribution in [3.63, 3.8) is 0 Å². The van der Waals surface area contributed by atoms with Gasteiger partial charge >= 0.3 is 0 Å². The highest BCUT2D eigenvalue weighted by Gasteiger charge is 2.06. The molecule has 0 aliphatic heterocycles. The summed E-state index contributed by atoms with van der Waals surface area (Å²) < 4.78 is 14.5. The maximum absolute atomic E-state index is 10.8. The van der Waals surface area contributed by atoms with E-state index < -0.39 is 11.5 Å². The fourth-order valence-electron chi connectivity index (χ4n) is 3.37. The lowest BCUT2D eigenvalue weighted by atomic mass is 10.1. The first-order valence-electron chi connectivity index (χ1n) is 11.3. The third-order valence-corrected chi connectivity index (χ3v) is 5.43. The average Bonchev–Trinajstić information content (AvgIpc) is 2.63. The Kier molecular flexibility index (Phi) is 20.2. The van der Waals surface area contributed by atoms with E-state index in [0.717, 1.165) is 19.4 Å². The number of rotatable bonds is 20. The van der Waals surface area contributed by atoms with Crippen LogP contribution < -0.4 is 10.9 Å². The van der Waals surface area contributed by atoms with Gasteiger partial charge in [-0.2, -0.15) is 0 Å². The Labute approximate surface area is 172 Å². The molecule has 5 nitrogen and oxygen atoms in total. The lowest BCUT2D eigenvalue weighted by molar-refractivity contribution is 0.255. The Morgan fingerprint density at radius 1 is 0.741 bits per heavy atom. The highest BCUT2D eigenvalue weighted by molar-refractivity contribution is 7.88. The molecule has 0 amide bonds. The zero-order valence-corrected chi connectivity index (χ0v) is 18.9. The second-order valence-electron chi connectivity index (χ2n) is 7.69. The van der Waals surface area contributed by atoms with Crippen molar-refractivity contribution in [1.82, 2.24) is 4.90 Å². The van der Waals surface area contributed by atoms with Gasteiger partial charge in [0.2, 0.25) is 0 Å². The van der Waals surface area contributed by atoms with Gasteiger partial charge in [0.15, 0.2) is 17.4 Å². The molecule has 0 bridgehead atoms. The van der Waals surface area contributed by atoms with Crippen LogP contribution in [0.2, 0.25) is 0 Å². The van der Waals surface area contributed by atoms with Gasteiger partial charge in [-0.3, -0.25) is 0 Å². The van der Waals surface area contributed by atoms with E-state index in [-0.39, 0.29) is 0 Å². The molecular formula is C21H46N4OS. The number of hydrogen-bond donors (Lipinski definition) is 2. The lowest BCUT2D eigenvalue weighted by Gasteiger charge is -2.22. The Morgan fingerprint density at radius 3 is 1.59 bits per heavy atom. The van der Waals surface area contributed by atoms with Crippen LogP contribution in [-0.4, -0.2) is 34.9 Å². The molecule has 0 aromatic rings. The molecule has 0 saturated heterocycles. The van der Waals surface area contributed by atoms with E-state index in [1.54, 1.807) is 0 Å². The van der Waals surface area contributed by atoms with Gasteiger partial charge in [-0.25, -0.2) is 0 Å². The highest BCUT2D eigenvalue weighted by Crippen LogP contribution is 2.10. The minimum absolute atomic E-state index is 0.411. The molecule has 4 N–H and O–H groups in total. The largest absolute Gasteiger partial charge is 0.572 e. The molecule has 0 aromatic carbocycles. The summed E-state index contributed by atoms with van der Waals surface area (Å²) in [5, 5.41) is 5.14. The number of nitrogens with zero attached hydrogens (tertiary/aromatic N) is 2. The summed E-state index contributed by atoms with van der Waals surface area (Å²) in [6.07, 6.45) is 19.0. The molecule has 0 aliphatic carbocycles. The SMILES string of the molecule is CCCCCCCCN(CCCCCCCC)CCCCC(N)=N[S+](N)[O-]. The van der Waals surface area contributed by atoms with Crippen molar-refractivity contribution in [1.29, 1.82) is 0 Å². The molecule has 1 unspecified atom stereocenters. The van der Waals surface area contributed by atoms with Crippen LogP contribution in [-0.2, 0) is 11.5 Å². The molecule has 0 saturated carbocycles. The van der Waals surface area contributed by atoms with Gasteiger partial charge < -0.3 is 15.2 Å². The molecule has 27 heavy (non-hydrogen) atoms. The molecule has 162 valence electrons. The van der Waals surface area contributed by atoms with Crippen LogP contribution in [0.25, 0.3) is 0 Å². The molecule has 0 spiro atoms. The Balaban J connectivity index is 3.99. The number of amidine groups is 1. The van der Waals surface area contributed by atoms with Gasteiger partial charge in [-0.05, 0) is 49.7 Å². The van der Waals surface area contributed by atoms with Crippen molar-refractivity contribution in [3.05, 3.63) is 0 Å². The highest BCUT2D eigenvalue weighted by atomic mass is 32.2. The van der Waals surface area contributed by atoms with Crippen LogP contribution in [0.4, 0.5) is 0 Å². The van der Waals surface area contributed by atoms with Gasteiger partial charge in [-0.1, -0.05) is 78.1 Å². The van der Waals surface area contributed by atoms with Crippen molar-refractivity contribution < 1.29 is 4.55 Å². The van der Waals surface area contributed by atoms with Crippen LogP contribution in [0.3, 0.4) is 0 Å². The molecule has 0 rings (SSSR count). The predicted molar refractivity (Wildman–Crippen MR) is 121 cm³/mol. The van der Waals surface area contributed by atoms with Crippen molar-refractivity contribution in [2.75, 3.05) is 19.6 Å². The fourth-order valence-corrected chi connectivity index (χ4v) is 3.69. The fraction of sp³-hybridized carbons (Fsp3) is 0.952. The monoisotopic (exact) mass is 402 g/mol. The summed E-state index contributed by atoms with van der Waals surface area (Å²) in [5.74, 6) is 0.411. The summed E-state index contributed by atoms with van der Waals surface area (Å²) in [6.45, 7) is 8.10. The topological polar surface area (TPSA) is 90.7 Å². The Hall–Kier alpha value is -0.300. The molecule has 0 aliphatic rings. The predicted octanol–water partition coefficient (Wildman–Crippen LogP) is 5.07. The summed E-state index contributed by atoms with van der Waals surface area (Å²) >= 11 is -1.67. The van der Waals surface area contributed by atoms with Crippen molar-refractivity contribution in [2.24, 2.45) is 15.3 Å². The van der Waals surface area contributed by atoms with Gasteiger partial charge in [0.25, 0.3) is 0 Å². The molecule has 0 heterocycles. The Morgan fingerprint density at radius 2 is 1.15 bits per heavy atom. The van der Waals surface area contributed by atoms with Crippen LogP contribution in [0.5, 0.6) is 0 Å². The first-order valence-corrected chi connectivity index (χ1v) is 12.5. The smallest absolute Gasteiger partial charge is 0.190 e. The minimum Gasteiger partial charge on any atom is -0.572 e. The summed E-state index contributed by atoms with van der Waals surface area (Å²) in [7, 11) is 0. The van der Waals surface area contributed by atoms with Crippen molar-refractivity contribution >= 4 is 17.4 Å². The number of hydrogen-bond acceptors (Lipinski definition) is 4. The maximum atomic E-state index is 10.8. The minimum atomic E-state index is -1.67. The standard InChI is InChI=1S/C21H46N4OS/c1-3-5-7-9-11-14-18-25(19-15-12-10-8-6-4-2)20-16-13-17-21(22)24-27(23)26/h3-20,23H2,1-2H3,(H2,22,24). The first kappa shape index (κ1) is 26.7. The maximum Gasteiger partial charge on any atom is 0.190 e. The van der Waals surface area contributed by atoms with Crippen LogP contribution in [0, 0.1) is 0 Å². The van der Waals surface area contributed by atoms with E-state index in [4.69, 9.17) is 10.9 Å². The normalized spacial score (nSPS) is 13.4. The third-order valence-electron chi connectivity index (χ3n) is 5.02. The zero-order chi connectivity index (χ0) is 20.2. The Bertz CT molecular complexity index is 324. The van der Waals surface area contributed by atoms with E-state index in [9.17, 15) is 4.55 Å². The average molecular weight is 403 g/mol. The first-order chi connectivity index (χ1) is 13.1. The quantitative estimate of drug-likeness (QED) is 0.129. The third kappa shape index (κ3) is 20.2. The van der Waals surface area contributed by atoms with Crippen LogP contribution in [0.1, 0.15) is 110 Å². The second-order valence-corrected chi connectivity index (χ2v) is 8.43. The van der Waals surface area contributed by atoms with Crippen molar-refractivity contribution in [2.45, 2.75) is 110 Å². The van der Waals surface area contributed by atoms with E-state index >= 15 is 0 Å². The lowest BCUT2D eigenvalue weighted by Crippen LogP contribution is -2.27. The molecule has 0 fully saturated rings. The molecule has 1 atom stereocenters. The molecule has 6 heteroatoms. The summed E-state index contributed by atoms with van der Waals surface area (Å²) in [4.78, 5) is 2.63. The molecule has 0 aromatic heterocycles. The number of nitrogens with two attached hydrogens (primary N) is 2. The molecular weight excluding hydrogens is 356 g/mol. The van der Waals surface area contributed by atoms with Gasteiger partial charge in [0.05, 0.1) is 0 Å². The van der Waals surface area contributed by atoms with Crippen LogP contribution >= 0.6 is 0 Å². The molecule has 0 radical (unpaired) electrons.